The lowest BCUT2D eigenvalue weighted by Crippen LogP contribution is -2.21. The fraction of sp³-hybridized carbons (Fsp3) is 0.188. The number of carbonyl (C=O) groups is 2. The second-order valence-corrected chi connectivity index (χ2v) is 4.68. The van der Waals surface area contributed by atoms with Gasteiger partial charge in [-0.3, -0.25) is 9.78 Å². The number of aromatic nitrogens is 1. The molecule has 0 aliphatic heterocycles. The van der Waals surface area contributed by atoms with E-state index in [1.165, 1.54) is 6.20 Å². The number of carbonyl (C=O) groups excluding carboxylic acids is 2. The maximum Gasteiger partial charge on any atom is 0.340 e. The topological polar surface area (TPSA) is 68.3 Å². The summed E-state index contributed by atoms with van der Waals surface area (Å²) < 4.78 is 4.94. The minimum atomic E-state index is -0.570. The first kappa shape index (κ1) is 14.7. The number of anilines is 1. The average Bonchev–Trinajstić information content (AvgIpc) is 2.49. The van der Waals surface area contributed by atoms with E-state index in [1.54, 1.807) is 18.3 Å². The molecule has 5 heteroatoms. The number of aryl methyl sites for hydroxylation is 2. The summed E-state index contributed by atoms with van der Waals surface area (Å²) in [7, 11) is 0. The third-order valence-electron chi connectivity index (χ3n) is 2.90. The normalized spacial score (nSPS) is 10.0. The number of esters is 1. The van der Waals surface area contributed by atoms with Crippen molar-refractivity contribution in [1.29, 1.82) is 0 Å². The number of hydrogen-bond donors (Lipinski definition) is 1. The van der Waals surface area contributed by atoms with Crippen molar-refractivity contribution in [3.63, 3.8) is 0 Å². The van der Waals surface area contributed by atoms with Gasteiger partial charge < -0.3 is 10.1 Å². The lowest BCUT2D eigenvalue weighted by atomic mass is 10.1. The molecule has 0 saturated carbocycles. The van der Waals surface area contributed by atoms with Crippen LogP contribution in [0.15, 0.2) is 42.7 Å². The minimum Gasteiger partial charge on any atom is -0.452 e. The number of rotatable bonds is 4. The van der Waals surface area contributed by atoms with E-state index in [-0.39, 0.29) is 12.5 Å². The molecule has 1 heterocycles. The fourth-order valence-electron chi connectivity index (χ4n) is 1.75. The highest BCUT2D eigenvalue weighted by molar-refractivity contribution is 5.95. The largest absolute Gasteiger partial charge is 0.452 e. The second-order valence-electron chi connectivity index (χ2n) is 4.68. The van der Waals surface area contributed by atoms with Crippen LogP contribution in [0.25, 0.3) is 0 Å². The second kappa shape index (κ2) is 6.65. The Morgan fingerprint density at radius 3 is 2.76 bits per heavy atom. The first-order chi connectivity index (χ1) is 10.1. The number of amides is 1. The molecule has 1 N–H and O–H groups in total. The number of pyridine rings is 1. The smallest absolute Gasteiger partial charge is 0.340 e. The molecule has 1 aromatic carbocycles. The van der Waals surface area contributed by atoms with Crippen molar-refractivity contribution in [1.82, 2.24) is 4.98 Å². The van der Waals surface area contributed by atoms with E-state index in [1.807, 2.05) is 32.0 Å². The van der Waals surface area contributed by atoms with Crippen molar-refractivity contribution in [3.05, 3.63) is 59.4 Å². The Kier molecular flexibility index (Phi) is 4.66. The lowest BCUT2D eigenvalue weighted by molar-refractivity contribution is -0.119. The van der Waals surface area contributed by atoms with Gasteiger partial charge in [0.05, 0.1) is 5.56 Å². The molecule has 2 rings (SSSR count). The van der Waals surface area contributed by atoms with E-state index in [4.69, 9.17) is 4.74 Å². The Labute approximate surface area is 123 Å². The van der Waals surface area contributed by atoms with Crippen molar-refractivity contribution >= 4 is 17.6 Å². The third kappa shape index (κ3) is 4.14. The molecule has 0 aliphatic carbocycles. The number of hydrogen-bond acceptors (Lipinski definition) is 4. The molecule has 0 saturated heterocycles. The van der Waals surface area contributed by atoms with Gasteiger partial charge in [-0.25, -0.2) is 4.79 Å². The monoisotopic (exact) mass is 284 g/mol. The summed E-state index contributed by atoms with van der Waals surface area (Å²) >= 11 is 0. The van der Waals surface area contributed by atoms with Crippen LogP contribution < -0.4 is 5.32 Å². The summed E-state index contributed by atoms with van der Waals surface area (Å²) in [5.74, 6) is -0.944. The van der Waals surface area contributed by atoms with Crippen LogP contribution in [0.3, 0.4) is 0 Å². The number of benzene rings is 1. The summed E-state index contributed by atoms with van der Waals surface area (Å²) in [6.45, 7) is 3.51. The minimum absolute atomic E-state index is 0.317. The molecule has 0 spiro atoms. The quantitative estimate of drug-likeness (QED) is 0.876. The molecule has 0 unspecified atom stereocenters. The maximum atomic E-state index is 11.8. The summed E-state index contributed by atoms with van der Waals surface area (Å²) in [5, 5.41) is 2.73. The van der Waals surface area contributed by atoms with Crippen molar-refractivity contribution in [2.24, 2.45) is 0 Å². The van der Waals surface area contributed by atoms with Crippen LogP contribution in [0.4, 0.5) is 5.69 Å². The van der Waals surface area contributed by atoms with Gasteiger partial charge in [0, 0.05) is 18.1 Å². The van der Waals surface area contributed by atoms with Gasteiger partial charge in [0.25, 0.3) is 5.91 Å². The van der Waals surface area contributed by atoms with Crippen LogP contribution in [0.1, 0.15) is 21.5 Å². The molecule has 108 valence electrons. The van der Waals surface area contributed by atoms with Crippen molar-refractivity contribution in [3.8, 4) is 0 Å². The van der Waals surface area contributed by atoms with Crippen LogP contribution >= 0.6 is 0 Å². The molecule has 0 fully saturated rings. The molecule has 0 atom stereocenters. The van der Waals surface area contributed by atoms with Gasteiger partial charge >= 0.3 is 5.97 Å². The predicted molar refractivity (Wildman–Crippen MR) is 79.1 cm³/mol. The van der Waals surface area contributed by atoms with Gasteiger partial charge in [0.1, 0.15) is 0 Å². The summed E-state index contributed by atoms with van der Waals surface area (Å²) in [5.41, 5.74) is 3.03. The fourth-order valence-corrected chi connectivity index (χ4v) is 1.75. The Bertz CT molecular complexity index is 654. The Morgan fingerprint density at radius 1 is 1.24 bits per heavy atom. The number of nitrogens with one attached hydrogen (secondary N) is 1. The molecule has 21 heavy (non-hydrogen) atoms. The highest BCUT2D eigenvalue weighted by Crippen LogP contribution is 2.16. The number of nitrogens with zero attached hydrogens (tertiary/aromatic N) is 1. The van der Waals surface area contributed by atoms with Gasteiger partial charge in [0.15, 0.2) is 6.61 Å². The van der Waals surface area contributed by atoms with Crippen molar-refractivity contribution < 1.29 is 14.3 Å². The first-order valence-electron chi connectivity index (χ1n) is 6.50. The summed E-state index contributed by atoms with van der Waals surface area (Å²) in [6.07, 6.45) is 2.95. The van der Waals surface area contributed by atoms with E-state index in [9.17, 15) is 9.59 Å². The van der Waals surface area contributed by atoms with E-state index in [0.29, 0.717) is 5.56 Å². The zero-order valence-electron chi connectivity index (χ0n) is 11.9. The Hall–Kier alpha value is -2.69. The summed E-state index contributed by atoms with van der Waals surface area (Å²) in [6, 6.07) is 8.97. The lowest BCUT2D eigenvalue weighted by Gasteiger charge is -2.09. The molecule has 5 nitrogen and oxygen atoms in total. The van der Waals surface area contributed by atoms with Crippen LogP contribution in [0, 0.1) is 13.8 Å². The molecule has 0 bridgehead atoms. The maximum absolute atomic E-state index is 11.8. The van der Waals surface area contributed by atoms with E-state index < -0.39 is 5.97 Å². The van der Waals surface area contributed by atoms with Crippen LogP contribution in [0.2, 0.25) is 0 Å². The third-order valence-corrected chi connectivity index (χ3v) is 2.90. The average molecular weight is 284 g/mol. The standard InChI is InChI=1S/C16H16N2O3/c1-11-5-6-12(2)14(8-11)18-15(19)10-21-16(20)13-4-3-7-17-9-13/h3-9H,10H2,1-2H3,(H,18,19). The van der Waals surface area contributed by atoms with Gasteiger partial charge in [-0.2, -0.15) is 0 Å². The Balaban J connectivity index is 1.91. The molecular formula is C16H16N2O3. The van der Waals surface area contributed by atoms with Gasteiger partial charge in [0.2, 0.25) is 0 Å². The molecular weight excluding hydrogens is 268 g/mol. The zero-order chi connectivity index (χ0) is 15.2. The molecule has 1 amide bonds. The highest BCUT2D eigenvalue weighted by Gasteiger charge is 2.11. The van der Waals surface area contributed by atoms with Crippen LogP contribution in [-0.4, -0.2) is 23.5 Å². The van der Waals surface area contributed by atoms with E-state index in [0.717, 1.165) is 16.8 Å². The van der Waals surface area contributed by atoms with Crippen molar-refractivity contribution in [2.75, 3.05) is 11.9 Å². The molecule has 0 aliphatic rings. The van der Waals surface area contributed by atoms with Gasteiger partial charge in [-0.05, 0) is 43.2 Å². The molecule has 1 aromatic heterocycles. The van der Waals surface area contributed by atoms with Crippen LogP contribution in [-0.2, 0) is 9.53 Å². The van der Waals surface area contributed by atoms with Crippen molar-refractivity contribution in [2.45, 2.75) is 13.8 Å². The first-order valence-corrected chi connectivity index (χ1v) is 6.50. The van der Waals surface area contributed by atoms with E-state index >= 15 is 0 Å². The number of ether oxygens (including phenoxy) is 1. The highest BCUT2D eigenvalue weighted by atomic mass is 16.5. The van der Waals surface area contributed by atoms with Crippen LogP contribution in [0.5, 0.6) is 0 Å². The predicted octanol–water partition coefficient (Wildman–Crippen LogP) is 2.49. The molecule has 2 aromatic rings. The summed E-state index contributed by atoms with van der Waals surface area (Å²) in [4.78, 5) is 27.3. The van der Waals surface area contributed by atoms with E-state index in [2.05, 4.69) is 10.3 Å². The molecule has 0 radical (unpaired) electrons. The SMILES string of the molecule is Cc1ccc(C)c(NC(=O)COC(=O)c2cccnc2)c1. The Morgan fingerprint density at radius 2 is 2.05 bits per heavy atom. The van der Waals surface area contributed by atoms with Gasteiger partial charge in [-0.1, -0.05) is 12.1 Å². The zero-order valence-corrected chi connectivity index (χ0v) is 11.9. The van der Waals surface area contributed by atoms with Gasteiger partial charge in [-0.15, -0.1) is 0 Å².